The van der Waals surface area contributed by atoms with Crippen LogP contribution in [-0.4, -0.2) is 48.2 Å². The third kappa shape index (κ3) is 4.14. The maximum absolute atomic E-state index is 12.2. The minimum absolute atomic E-state index is 0.128. The van der Waals surface area contributed by atoms with E-state index in [1.165, 1.54) is 49.7 Å². The maximum Gasteiger partial charge on any atom is 0.348 e. The molecule has 0 bridgehead atoms. The Kier molecular flexibility index (Phi) is 5.56. The van der Waals surface area contributed by atoms with Crippen molar-refractivity contribution in [2.45, 2.75) is 0 Å². The number of hydrogen-bond donors (Lipinski definition) is 2. The Morgan fingerprint density at radius 3 is 2.56 bits per heavy atom. The van der Waals surface area contributed by atoms with Gasteiger partial charge in [-0.25, -0.2) is 4.79 Å². The number of imide groups is 1. The number of rotatable bonds is 6. The number of furan rings is 1. The first-order chi connectivity index (χ1) is 15.3. The summed E-state index contributed by atoms with van der Waals surface area (Å²) in [6.07, 6.45) is 1.37. The molecule has 1 aliphatic rings. The fourth-order valence-corrected chi connectivity index (χ4v) is 3.73. The van der Waals surface area contributed by atoms with Crippen LogP contribution in [0.4, 0.5) is 10.7 Å². The lowest BCUT2D eigenvalue weighted by molar-refractivity contribution is -0.119. The van der Waals surface area contributed by atoms with Crippen LogP contribution in [0.5, 0.6) is 0 Å². The van der Waals surface area contributed by atoms with Crippen LogP contribution in [-0.2, 0) is 9.53 Å². The van der Waals surface area contributed by atoms with Crippen LogP contribution < -0.4 is 10.6 Å². The Balaban J connectivity index is 1.31. The molecule has 32 heavy (non-hydrogen) atoms. The molecule has 3 heterocycles. The van der Waals surface area contributed by atoms with Crippen molar-refractivity contribution in [1.29, 1.82) is 0 Å². The Bertz CT molecular complexity index is 1250. The number of fused-ring (bicyclic) bond motifs is 1. The highest BCUT2D eigenvalue weighted by Gasteiger charge is 2.32. The van der Waals surface area contributed by atoms with E-state index in [1.54, 1.807) is 6.07 Å². The summed E-state index contributed by atoms with van der Waals surface area (Å²) < 4.78 is 9.99. The van der Waals surface area contributed by atoms with Crippen molar-refractivity contribution in [3.63, 3.8) is 0 Å². The molecule has 11 heteroatoms. The van der Waals surface area contributed by atoms with Crippen molar-refractivity contribution >= 4 is 51.6 Å². The number of benzene rings is 1. The second-order valence-corrected chi connectivity index (χ2v) is 7.73. The van der Waals surface area contributed by atoms with Gasteiger partial charge in [0.25, 0.3) is 23.6 Å². The number of ether oxygens (including phenoxy) is 1. The molecule has 1 aromatic carbocycles. The molecule has 0 aliphatic carbocycles. The van der Waals surface area contributed by atoms with Crippen molar-refractivity contribution in [1.82, 2.24) is 4.90 Å². The Labute approximate surface area is 184 Å². The largest absolute Gasteiger partial charge is 0.459 e. The molecule has 2 aromatic heterocycles. The quantitative estimate of drug-likeness (QED) is 0.433. The molecular formula is C21H15N3O7S. The molecule has 4 rings (SSSR count). The molecular weight excluding hydrogens is 438 g/mol. The number of anilines is 2. The van der Waals surface area contributed by atoms with Gasteiger partial charge in [-0.2, -0.15) is 0 Å². The minimum atomic E-state index is -0.736. The molecule has 0 spiro atoms. The van der Waals surface area contributed by atoms with E-state index in [0.717, 1.165) is 16.2 Å². The van der Waals surface area contributed by atoms with Crippen molar-refractivity contribution in [3.8, 4) is 0 Å². The zero-order chi connectivity index (χ0) is 22.8. The van der Waals surface area contributed by atoms with Gasteiger partial charge in [0.05, 0.1) is 22.4 Å². The van der Waals surface area contributed by atoms with E-state index in [1.807, 2.05) is 0 Å². The number of nitrogens with zero attached hydrogens (tertiary/aromatic N) is 1. The second kappa shape index (κ2) is 8.47. The van der Waals surface area contributed by atoms with E-state index in [-0.39, 0.29) is 21.8 Å². The molecule has 3 aromatic rings. The molecule has 1 aliphatic heterocycles. The first kappa shape index (κ1) is 21.0. The molecule has 2 N–H and O–H groups in total. The van der Waals surface area contributed by atoms with Crippen LogP contribution in [0.15, 0.2) is 53.1 Å². The summed E-state index contributed by atoms with van der Waals surface area (Å²) >= 11 is 0.982. The first-order valence-corrected chi connectivity index (χ1v) is 10.0. The number of carbonyl (C=O) groups is 5. The van der Waals surface area contributed by atoms with E-state index in [2.05, 4.69) is 10.6 Å². The molecule has 4 amide bonds. The van der Waals surface area contributed by atoms with E-state index >= 15 is 0 Å². The lowest BCUT2D eigenvalue weighted by atomic mass is 10.1. The zero-order valence-electron chi connectivity index (χ0n) is 16.5. The van der Waals surface area contributed by atoms with Crippen LogP contribution in [0, 0.1) is 0 Å². The van der Waals surface area contributed by atoms with Crippen LogP contribution in [0.25, 0.3) is 0 Å². The van der Waals surface area contributed by atoms with Crippen LogP contribution in [0.3, 0.4) is 0 Å². The number of amides is 4. The van der Waals surface area contributed by atoms with E-state index in [9.17, 15) is 24.0 Å². The fourth-order valence-electron chi connectivity index (χ4n) is 2.93. The van der Waals surface area contributed by atoms with E-state index in [0.29, 0.717) is 10.7 Å². The highest BCUT2D eigenvalue weighted by Crippen LogP contribution is 2.25. The Hall–Kier alpha value is -4.25. The fraction of sp³-hybridized carbons (Fsp3) is 0.0952. The summed E-state index contributed by atoms with van der Waals surface area (Å²) in [5.41, 5.74) is 0.741. The van der Waals surface area contributed by atoms with E-state index < -0.39 is 36.2 Å². The minimum Gasteiger partial charge on any atom is -0.459 e. The van der Waals surface area contributed by atoms with Crippen molar-refractivity contribution < 1.29 is 33.1 Å². The molecule has 0 atom stereocenters. The van der Waals surface area contributed by atoms with Gasteiger partial charge in [-0.1, -0.05) is 0 Å². The smallest absolute Gasteiger partial charge is 0.348 e. The van der Waals surface area contributed by atoms with Gasteiger partial charge in [0.1, 0.15) is 4.88 Å². The number of nitrogens with one attached hydrogen (secondary N) is 2. The summed E-state index contributed by atoms with van der Waals surface area (Å²) in [6, 6.07) is 10.4. The molecule has 10 nitrogen and oxygen atoms in total. The summed E-state index contributed by atoms with van der Waals surface area (Å²) in [5, 5.41) is 5.51. The molecule has 162 valence electrons. The summed E-state index contributed by atoms with van der Waals surface area (Å²) in [7, 11) is 1.38. The van der Waals surface area contributed by atoms with Gasteiger partial charge in [-0.3, -0.25) is 24.1 Å². The third-order valence-corrected chi connectivity index (χ3v) is 5.48. The second-order valence-electron chi connectivity index (χ2n) is 6.65. The van der Waals surface area contributed by atoms with Gasteiger partial charge >= 0.3 is 5.97 Å². The average molecular weight is 453 g/mol. The van der Waals surface area contributed by atoms with Crippen LogP contribution in [0.1, 0.15) is 40.9 Å². The molecule has 0 radical (unpaired) electrons. The predicted molar refractivity (Wildman–Crippen MR) is 113 cm³/mol. The third-order valence-electron chi connectivity index (χ3n) is 4.50. The number of esters is 1. The van der Waals surface area contributed by atoms with Gasteiger partial charge < -0.3 is 19.8 Å². The molecule has 0 saturated carbocycles. The lowest BCUT2D eigenvalue weighted by Gasteiger charge is -2.07. The van der Waals surface area contributed by atoms with Crippen molar-refractivity contribution in [2.24, 2.45) is 0 Å². The zero-order valence-corrected chi connectivity index (χ0v) is 17.4. The summed E-state index contributed by atoms with van der Waals surface area (Å²) in [6.45, 7) is -0.561. The molecule has 0 saturated heterocycles. The average Bonchev–Trinajstić information content (AvgIpc) is 3.51. The molecule has 0 fully saturated rings. The number of carbonyl (C=O) groups excluding carboxylic acids is 5. The SMILES string of the molecule is CN1C(=O)c2ccc(NC(=O)COC(=O)c3ccc(NC(=O)c4ccco4)s3)cc2C1=O. The van der Waals surface area contributed by atoms with Crippen LogP contribution >= 0.6 is 11.3 Å². The molecule has 0 unspecified atom stereocenters. The maximum atomic E-state index is 12.2. The monoisotopic (exact) mass is 453 g/mol. The van der Waals surface area contributed by atoms with Gasteiger partial charge in [0, 0.05) is 12.7 Å². The van der Waals surface area contributed by atoms with E-state index in [4.69, 9.17) is 9.15 Å². The first-order valence-electron chi connectivity index (χ1n) is 9.21. The van der Waals surface area contributed by atoms with Crippen molar-refractivity contribution in [3.05, 3.63) is 70.5 Å². The summed E-state index contributed by atoms with van der Waals surface area (Å²) in [5.74, 6) is -2.56. The topological polar surface area (TPSA) is 135 Å². The van der Waals surface area contributed by atoms with Crippen molar-refractivity contribution in [2.75, 3.05) is 24.3 Å². The van der Waals surface area contributed by atoms with Gasteiger partial charge in [0.2, 0.25) is 0 Å². The van der Waals surface area contributed by atoms with Crippen LogP contribution in [0.2, 0.25) is 0 Å². The highest BCUT2D eigenvalue weighted by atomic mass is 32.1. The predicted octanol–water partition coefficient (Wildman–Crippen LogP) is 2.61. The number of hydrogen-bond acceptors (Lipinski definition) is 8. The van der Waals surface area contributed by atoms with Gasteiger partial charge in [-0.05, 0) is 42.5 Å². The van der Waals surface area contributed by atoms with Gasteiger partial charge in [-0.15, -0.1) is 11.3 Å². The lowest BCUT2D eigenvalue weighted by Crippen LogP contribution is -2.24. The standard InChI is InChI=1S/C21H15N3O7S/c1-24-19(27)12-5-4-11(9-13(12)20(24)28)22-16(25)10-31-21(29)15-6-7-17(32-15)23-18(26)14-3-2-8-30-14/h2-9H,10H2,1H3,(H,22,25)(H,23,26). The Morgan fingerprint density at radius 1 is 1.03 bits per heavy atom. The highest BCUT2D eigenvalue weighted by molar-refractivity contribution is 7.18. The Morgan fingerprint density at radius 2 is 1.81 bits per heavy atom. The normalized spacial score (nSPS) is 12.5. The summed E-state index contributed by atoms with van der Waals surface area (Å²) in [4.78, 5) is 61.4. The number of thiophene rings is 1. The van der Waals surface area contributed by atoms with Gasteiger partial charge in [0.15, 0.2) is 12.4 Å².